The van der Waals surface area contributed by atoms with Crippen LogP contribution in [-0.2, 0) is 4.79 Å². The number of fused-ring (bicyclic) bond motifs is 1. The van der Waals surface area contributed by atoms with Gasteiger partial charge in [0.2, 0.25) is 5.91 Å². The van der Waals surface area contributed by atoms with Gasteiger partial charge in [-0.3, -0.25) is 14.4 Å². The SMILES string of the molecule is CCNC(=O)c1c(NC(=O)c2nc(C)sc2C)[nH]c2cc(N(C)C(=O)C3CCCCC3)ccc12. The maximum Gasteiger partial charge on any atom is 0.276 e. The highest BCUT2D eigenvalue weighted by molar-refractivity contribution is 7.11. The summed E-state index contributed by atoms with van der Waals surface area (Å²) in [5.74, 6) is -0.158. The summed E-state index contributed by atoms with van der Waals surface area (Å²) >= 11 is 1.45. The lowest BCUT2D eigenvalue weighted by Crippen LogP contribution is -2.33. The summed E-state index contributed by atoms with van der Waals surface area (Å²) in [6.07, 6.45) is 5.24. The molecule has 2 heterocycles. The molecule has 9 heteroatoms. The van der Waals surface area contributed by atoms with E-state index >= 15 is 0 Å². The van der Waals surface area contributed by atoms with Gasteiger partial charge in [-0.05, 0) is 51.8 Å². The number of rotatable bonds is 6. The van der Waals surface area contributed by atoms with Crippen molar-refractivity contribution in [1.29, 1.82) is 0 Å². The first kappa shape index (κ1) is 23.9. The van der Waals surface area contributed by atoms with Gasteiger partial charge in [-0.2, -0.15) is 0 Å². The molecule has 0 bridgehead atoms. The Labute approximate surface area is 203 Å². The number of aryl methyl sites for hydroxylation is 2. The van der Waals surface area contributed by atoms with Gasteiger partial charge in [0.05, 0.1) is 10.6 Å². The summed E-state index contributed by atoms with van der Waals surface area (Å²) in [7, 11) is 1.79. The predicted molar refractivity (Wildman–Crippen MR) is 136 cm³/mol. The number of carbonyl (C=O) groups is 3. The van der Waals surface area contributed by atoms with Crippen LogP contribution in [0, 0.1) is 19.8 Å². The lowest BCUT2D eigenvalue weighted by molar-refractivity contribution is -0.123. The van der Waals surface area contributed by atoms with Crippen molar-refractivity contribution in [2.45, 2.75) is 52.9 Å². The third kappa shape index (κ3) is 4.70. The maximum absolute atomic E-state index is 13.0. The molecule has 1 aliphatic carbocycles. The van der Waals surface area contributed by atoms with E-state index in [1.165, 1.54) is 17.8 Å². The Bertz CT molecular complexity index is 1240. The van der Waals surface area contributed by atoms with Gasteiger partial charge in [-0.25, -0.2) is 4.98 Å². The standard InChI is InChI=1S/C25H31N5O3S/c1-5-26-23(31)20-18-12-11-17(30(4)25(33)16-9-7-6-8-10-16)13-19(18)28-22(20)29-24(32)21-14(2)34-15(3)27-21/h11-13,16,28H,5-10H2,1-4H3,(H,26,31)(H,29,32). The quantitative estimate of drug-likeness (QED) is 0.471. The number of hydrogen-bond donors (Lipinski definition) is 3. The summed E-state index contributed by atoms with van der Waals surface area (Å²) in [4.78, 5) is 48.9. The van der Waals surface area contributed by atoms with E-state index in [0.29, 0.717) is 34.5 Å². The fourth-order valence-electron chi connectivity index (χ4n) is 4.64. The van der Waals surface area contributed by atoms with E-state index in [0.717, 1.165) is 41.3 Å². The van der Waals surface area contributed by atoms with Crippen molar-refractivity contribution in [3.63, 3.8) is 0 Å². The molecule has 3 aromatic rings. The minimum Gasteiger partial charge on any atom is -0.352 e. The second-order valence-electron chi connectivity index (χ2n) is 8.79. The fourth-order valence-corrected chi connectivity index (χ4v) is 5.45. The van der Waals surface area contributed by atoms with Crippen molar-refractivity contribution in [2.75, 3.05) is 23.8 Å². The summed E-state index contributed by atoms with van der Waals surface area (Å²) in [5, 5.41) is 7.14. The van der Waals surface area contributed by atoms with Gasteiger partial charge in [-0.15, -0.1) is 11.3 Å². The average molecular weight is 482 g/mol. The van der Waals surface area contributed by atoms with Gasteiger partial charge in [0.25, 0.3) is 11.8 Å². The monoisotopic (exact) mass is 481 g/mol. The van der Waals surface area contributed by atoms with Crippen LogP contribution in [0.5, 0.6) is 0 Å². The van der Waals surface area contributed by atoms with Crippen LogP contribution in [-0.4, -0.2) is 41.3 Å². The molecule has 180 valence electrons. The molecule has 0 aliphatic heterocycles. The molecule has 0 radical (unpaired) electrons. The molecule has 3 amide bonds. The molecule has 4 rings (SSSR count). The Balaban J connectivity index is 1.68. The molecule has 0 unspecified atom stereocenters. The zero-order valence-corrected chi connectivity index (χ0v) is 20.9. The zero-order chi connectivity index (χ0) is 24.4. The van der Waals surface area contributed by atoms with Crippen molar-refractivity contribution in [3.8, 4) is 0 Å². The average Bonchev–Trinajstić information content (AvgIpc) is 3.36. The molecule has 3 N–H and O–H groups in total. The number of anilines is 2. The number of H-pyrrole nitrogens is 1. The van der Waals surface area contributed by atoms with Gasteiger partial charge in [-0.1, -0.05) is 19.3 Å². The Morgan fingerprint density at radius 1 is 1.15 bits per heavy atom. The lowest BCUT2D eigenvalue weighted by Gasteiger charge is -2.26. The number of amides is 3. The number of thiazole rings is 1. The minimum absolute atomic E-state index is 0.0589. The summed E-state index contributed by atoms with van der Waals surface area (Å²) < 4.78 is 0. The van der Waals surface area contributed by atoms with Gasteiger partial charge >= 0.3 is 0 Å². The first-order valence-corrected chi connectivity index (χ1v) is 12.6. The summed E-state index contributed by atoms with van der Waals surface area (Å²) in [6, 6.07) is 5.52. The van der Waals surface area contributed by atoms with Gasteiger partial charge < -0.3 is 20.5 Å². The lowest BCUT2D eigenvalue weighted by atomic mass is 9.88. The first-order valence-electron chi connectivity index (χ1n) is 11.8. The Morgan fingerprint density at radius 3 is 2.53 bits per heavy atom. The molecule has 0 atom stereocenters. The molecule has 0 spiro atoms. The van der Waals surface area contributed by atoms with Crippen LogP contribution >= 0.6 is 11.3 Å². The zero-order valence-electron chi connectivity index (χ0n) is 20.1. The van der Waals surface area contributed by atoms with E-state index in [1.807, 2.05) is 39.0 Å². The smallest absolute Gasteiger partial charge is 0.276 e. The minimum atomic E-state index is -0.372. The van der Waals surface area contributed by atoms with E-state index in [-0.39, 0.29) is 23.6 Å². The molecule has 1 saturated carbocycles. The molecule has 0 saturated heterocycles. The molecule has 1 aromatic carbocycles. The number of benzene rings is 1. The Hall–Kier alpha value is -3.20. The third-order valence-corrected chi connectivity index (χ3v) is 7.26. The number of carbonyl (C=O) groups excluding carboxylic acids is 3. The normalized spacial score (nSPS) is 14.2. The van der Waals surface area contributed by atoms with Crippen LogP contribution in [0.2, 0.25) is 0 Å². The van der Waals surface area contributed by atoms with E-state index < -0.39 is 0 Å². The highest BCUT2D eigenvalue weighted by Crippen LogP contribution is 2.32. The van der Waals surface area contributed by atoms with E-state index in [2.05, 4.69) is 20.6 Å². The van der Waals surface area contributed by atoms with Crippen molar-refractivity contribution in [2.24, 2.45) is 5.92 Å². The number of aromatic nitrogens is 2. The van der Waals surface area contributed by atoms with Crippen molar-refractivity contribution in [3.05, 3.63) is 39.3 Å². The van der Waals surface area contributed by atoms with Crippen LogP contribution in [0.15, 0.2) is 18.2 Å². The van der Waals surface area contributed by atoms with Crippen molar-refractivity contribution < 1.29 is 14.4 Å². The summed E-state index contributed by atoms with van der Waals surface area (Å²) in [6.45, 7) is 6.00. The van der Waals surface area contributed by atoms with Gasteiger partial charge in [0.1, 0.15) is 11.5 Å². The maximum atomic E-state index is 13.0. The molecule has 1 fully saturated rings. The van der Waals surface area contributed by atoms with Gasteiger partial charge in [0.15, 0.2) is 0 Å². The fraction of sp³-hybridized carbons (Fsp3) is 0.440. The highest BCUT2D eigenvalue weighted by atomic mass is 32.1. The van der Waals surface area contributed by atoms with Crippen LogP contribution in [0.4, 0.5) is 11.5 Å². The van der Waals surface area contributed by atoms with Crippen LogP contribution in [0.25, 0.3) is 10.9 Å². The first-order chi connectivity index (χ1) is 16.3. The second-order valence-corrected chi connectivity index (χ2v) is 10.2. The number of nitrogens with one attached hydrogen (secondary N) is 3. The molecule has 2 aromatic heterocycles. The molecule has 1 aliphatic rings. The Morgan fingerprint density at radius 2 is 1.88 bits per heavy atom. The number of nitrogens with zero attached hydrogens (tertiary/aromatic N) is 2. The molecule has 8 nitrogen and oxygen atoms in total. The van der Waals surface area contributed by atoms with Crippen LogP contribution < -0.4 is 15.5 Å². The number of hydrogen-bond acceptors (Lipinski definition) is 5. The largest absolute Gasteiger partial charge is 0.352 e. The van der Waals surface area contributed by atoms with Crippen LogP contribution in [0.3, 0.4) is 0 Å². The third-order valence-electron chi connectivity index (χ3n) is 6.38. The Kier molecular flexibility index (Phi) is 7.02. The van der Waals surface area contributed by atoms with Gasteiger partial charge in [0, 0.05) is 41.0 Å². The second kappa shape index (κ2) is 9.97. The van der Waals surface area contributed by atoms with E-state index in [1.54, 1.807) is 11.9 Å². The topological polar surface area (TPSA) is 107 Å². The van der Waals surface area contributed by atoms with Crippen molar-refractivity contribution >= 4 is 51.5 Å². The van der Waals surface area contributed by atoms with E-state index in [4.69, 9.17) is 0 Å². The summed E-state index contributed by atoms with van der Waals surface area (Å²) in [5.41, 5.74) is 2.13. The van der Waals surface area contributed by atoms with E-state index in [9.17, 15) is 14.4 Å². The molecule has 34 heavy (non-hydrogen) atoms. The molecular formula is C25H31N5O3S. The number of aromatic amines is 1. The van der Waals surface area contributed by atoms with Crippen LogP contribution in [0.1, 0.15) is 69.8 Å². The van der Waals surface area contributed by atoms with Crippen molar-refractivity contribution in [1.82, 2.24) is 15.3 Å². The molecular weight excluding hydrogens is 450 g/mol. The highest BCUT2D eigenvalue weighted by Gasteiger charge is 2.26. The predicted octanol–water partition coefficient (Wildman–Crippen LogP) is 4.79.